The Morgan fingerprint density at radius 2 is 1.96 bits per heavy atom. The first-order chi connectivity index (χ1) is 12.2. The van der Waals surface area contributed by atoms with Crippen LogP contribution in [0.3, 0.4) is 0 Å². The molecule has 6 nitrogen and oxygen atoms in total. The van der Waals surface area contributed by atoms with Gasteiger partial charge in [-0.15, -0.1) is 0 Å². The van der Waals surface area contributed by atoms with E-state index in [0.717, 1.165) is 21.7 Å². The van der Waals surface area contributed by atoms with Gasteiger partial charge in [-0.3, -0.25) is 10.1 Å². The van der Waals surface area contributed by atoms with Crippen LogP contribution in [0.5, 0.6) is 0 Å². The average Bonchev–Trinajstić information content (AvgIpc) is 2.61. The largest absolute Gasteiger partial charge is 0.361 e. The zero-order valence-corrected chi connectivity index (χ0v) is 15.6. The molecule has 26 heavy (non-hydrogen) atoms. The van der Waals surface area contributed by atoms with E-state index < -0.39 is 31.1 Å². The quantitative estimate of drug-likeness (QED) is 0.525. The lowest BCUT2D eigenvalue weighted by molar-refractivity contribution is -0.384. The van der Waals surface area contributed by atoms with Gasteiger partial charge in [0, 0.05) is 23.6 Å². The summed E-state index contributed by atoms with van der Waals surface area (Å²) in [6.07, 6.45) is 0.656. The molecule has 0 saturated heterocycles. The molecule has 0 saturated carbocycles. The molecule has 3 rings (SSSR count). The van der Waals surface area contributed by atoms with Gasteiger partial charge in [-0.25, -0.2) is 8.42 Å². The third kappa shape index (κ3) is 3.30. The lowest BCUT2D eigenvalue weighted by atomic mass is 9.99. The van der Waals surface area contributed by atoms with Crippen LogP contribution in [0.15, 0.2) is 45.8 Å². The van der Waals surface area contributed by atoms with Gasteiger partial charge in [0.1, 0.15) is 5.69 Å². The van der Waals surface area contributed by atoms with E-state index in [2.05, 4.69) is 15.9 Å². The summed E-state index contributed by atoms with van der Waals surface area (Å²) in [5.74, 6) is -3.63. The minimum absolute atomic E-state index is 0.199. The minimum atomic E-state index is -4.90. The molecule has 0 fully saturated rings. The summed E-state index contributed by atoms with van der Waals surface area (Å²) in [5, 5.41) is 11.4. The monoisotopic (exact) mass is 446 g/mol. The zero-order valence-electron chi connectivity index (χ0n) is 13.2. The summed E-state index contributed by atoms with van der Waals surface area (Å²) in [7, 11) is -4.90. The number of alkyl halides is 2. The standard InChI is InChI=1S/C16H13BrF2N2O4S/c17-13-3-1-2-10-6-7-20(9-12(10)13)14-5-4-11(8-15(14)21(22)23)26(24,25)16(18)19/h1-5,8,16H,6-7,9H2. The molecule has 0 N–H and O–H groups in total. The lowest BCUT2D eigenvalue weighted by Crippen LogP contribution is -2.31. The van der Waals surface area contributed by atoms with E-state index in [0.29, 0.717) is 25.6 Å². The van der Waals surface area contributed by atoms with Crippen molar-refractivity contribution in [3.63, 3.8) is 0 Å². The molecule has 0 radical (unpaired) electrons. The first-order valence-electron chi connectivity index (χ1n) is 7.53. The molecule has 0 amide bonds. The van der Waals surface area contributed by atoms with Crippen molar-refractivity contribution >= 4 is 37.1 Å². The molecule has 0 aliphatic carbocycles. The molecule has 2 aromatic rings. The molecule has 0 atom stereocenters. The number of hydrogen-bond donors (Lipinski definition) is 0. The number of halogens is 3. The maximum absolute atomic E-state index is 12.7. The Morgan fingerprint density at radius 1 is 1.23 bits per heavy atom. The highest BCUT2D eigenvalue weighted by Crippen LogP contribution is 2.36. The van der Waals surface area contributed by atoms with Crippen molar-refractivity contribution in [2.24, 2.45) is 0 Å². The number of nitro groups is 1. The fraction of sp³-hybridized carbons (Fsp3) is 0.250. The topological polar surface area (TPSA) is 80.5 Å². The first-order valence-corrected chi connectivity index (χ1v) is 9.87. The average molecular weight is 447 g/mol. The Bertz CT molecular complexity index is 982. The van der Waals surface area contributed by atoms with E-state index in [-0.39, 0.29) is 5.69 Å². The Kier molecular flexibility index (Phi) is 4.98. The summed E-state index contributed by atoms with van der Waals surface area (Å²) in [4.78, 5) is 11.6. The minimum Gasteiger partial charge on any atom is -0.361 e. The SMILES string of the molecule is O=[N+]([O-])c1cc(S(=O)(=O)C(F)F)ccc1N1CCc2cccc(Br)c2C1. The number of sulfone groups is 1. The highest BCUT2D eigenvalue weighted by Gasteiger charge is 2.31. The maximum Gasteiger partial charge on any atom is 0.341 e. The Hall–Kier alpha value is -2.07. The third-order valence-electron chi connectivity index (χ3n) is 4.26. The summed E-state index contributed by atoms with van der Waals surface area (Å²) in [5.41, 5.74) is 1.79. The number of anilines is 1. The second kappa shape index (κ2) is 6.92. The predicted octanol–water partition coefficient (Wildman–Crippen LogP) is 3.92. The van der Waals surface area contributed by atoms with Crippen LogP contribution in [-0.4, -0.2) is 25.6 Å². The number of nitro benzene ring substituents is 1. The van der Waals surface area contributed by atoms with Gasteiger partial charge in [0.15, 0.2) is 0 Å². The van der Waals surface area contributed by atoms with Crippen LogP contribution in [0.4, 0.5) is 20.2 Å². The molecule has 10 heteroatoms. The van der Waals surface area contributed by atoms with E-state index in [9.17, 15) is 27.3 Å². The predicted molar refractivity (Wildman–Crippen MR) is 95.2 cm³/mol. The molecule has 0 spiro atoms. The van der Waals surface area contributed by atoms with Gasteiger partial charge >= 0.3 is 5.76 Å². The van der Waals surface area contributed by atoms with Gasteiger partial charge in [-0.05, 0) is 35.7 Å². The Labute approximate surface area is 156 Å². The van der Waals surface area contributed by atoms with Gasteiger partial charge in [0.25, 0.3) is 5.69 Å². The van der Waals surface area contributed by atoms with Crippen molar-refractivity contribution in [3.05, 3.63) is 62.1 Å². The van der Waals surface area contributed by atoms with Gasteiger partial charge in [-0.1, -0.05) is 28.1 Å². The zero-order chi connectivity index (χ0) is 19.1. The van der Waals surface area contributed by atoms with Gasteiger partial charge in [0.2, 0.25) is 9.84 Å². The van der Waals surface area contributed by atoms with Crippen LogP contribution < -0.4 is 4.90 Å². The van der Waals surface area contributed by atoms with E-state index in [1.807, 2.05) is 18.2 Å². The molecule has 1 heterocycles. The highest BCUT2D eigenvalue weighted by atomic mass is 79.9. The van der Waals surface area contributed by atoms with Crippen LogP contribution in [0.25, 0.3) is 0 Å². The molecule has 0 bridgehead atoms. The fourth-order valence-electron chi connectivity index (χ4n) is 2.94. The van der Waals surface area contributed by atoms with E-state index in [4.69, 9.17) is 0 Å². The van der Waals surface area contributed by atoms with Gasteiger partial charge < -0.3 is 4.90 Å². The summed E-state index contributed by atoms with van der Waals surface area (Å²) >= 11 is 3.46. The van der Waals surface area contributed by atoms with E-state index in [1.54, 1.807) is 4.90 Å². The Balaban J connectivity index is 2.04. The molecular weight excluding hydrogens is 434 g/mol. The summed E-state index contributed by atoms with van der Waals surface area (Å²) in [6, 6.07) is 8.66. The molecule has 1 aliphatic rings. The van der Waals surface area contributed by atoms with E-state index >= 15 is 0 Å². The van der Waals surface area contributed by atoms with Crippen molar-refractivity contribution < 1.29 is 22.1 Å². The van der Waals surface area contributed by atoms with Gasteiger partial charge in [-0.2, -0.15) is 8.78 Å². The first kappa shape index (κ1) is 18.7. The van der Waals surface area contributed by atoms with Crippen LogP contribution >= 0.6 is 15.9 Å². The summed E-state index contributed by atoms with van der Waals surface area (Å²) in [6.45, 7) is 0.879. The van der Waals surface area contributed by atoms with Crippen molar-refractivity contribution in [1.82, 2.24) is 0 Å². The number of rotatable bonds is 4. The molecule has 0 unspecified atom stereocenters. The van der Waals surface area contributed by atoms with Crippen molar-refractivity contribution in [1.29, 1.82) is 0 Å². The van der Waals surface area contributed by atoms with E-state index in [1.165, 1.54) is 6.07 Å². The van der Waals surface area contributed by atoms with Crippen LogP contribution in [0.1, 0.15) is 11.1 Å². The fourth-order valence-corrected chi connectivity index (χ4v) is 4.21. The number of benzene rings is 2. The number of fused-ring (bicyclic) bond motifs is 1. The van der Waals surface area contributed by atoms with Crippen LogP contribution in [-0.2, 0) is 22.8 Å². The molecule has 138 valence electrons. The normalized spacial score (nSPS) is 14.4. The van der Waals surface area contributed by atoms with Crippen molar-refractivity contribution in [2.45, 2.75) is 23.6 Å². The van der Waals surface area contributed by atoms with Crippen molar-refractivity contribution in [2.75, 3.05) is 11.4 Å². The third-order valence-corrected chi connectivity index (χ3v) is 6.39. The maximum atomic E-state index is 12.7. The van der Waals surface area contributed by atoms with Crippen LogP contribution in [0, 0.1) is 10.1 Å². The van der Waals surface area contributed by atoms with Crippen LogP contribution in [0.2, 0.25) is 0 Å². The number of hydrogen-bond acceptors (Lipinski definition) is 5. The highest BCUT2D eigenvalue weighted by molar-refractivity contribution is 9.10. The Morgan fingerprint density at radius 3 is 2.62 bits per heavy atom. The second-order valence-corrected chi connectivity index (χ2v) is 8.53. The lowest BCUT2D eigenvalue weighted by Gasteiger charge is -2.31. The number of nitrogens with zero attached hydrogens (tertiary/aromatic N) is 2. The summed E-state index contributed by atoms with van der Waals surface area (Å²) < 4.78 is 49.5. The molecule has 2 aromatic carbocycles. The molecular formula is C16H13BrF2N2O4S. The second-order valence-electron chi connectivity index (χ2n) is 5.76. The molecule has 0 aromatic heterocycles. The molecule has 1 aliphatic heterocycles. The van der Waals surface area contributed by atoms with Crippen molar-refractivity contribution in [3.8, 4) is 0 Å². The van der Waals surface area contributed by atoms with Gasteiger partial charge in [0.05, 0.1) is 9.82 Å². The smallest absolute Gasteiger partial charge is 0.341 e.